The van der Waals surface area contributed by atoms with Gasteiger partial charge in [0.1, 0.15) is 0 Å². The van der Waals surface area contributed by atoms with E-state index in [1.807, 2.05) is 0 Å². The molecule has 0 amide bonds. The van der Waals surface area contributed by atoms with Crippen LogP contribution in [0, 0.1) is 0 Å². The van der Waals surface area contributed by atoms with Gasteiger partial charge in [0.05, 0.1) is 20.1 Å². The SMILES string of the molecule is CCCC(C)[NH+](C)C. The summed E-state index contributed by atoms with van der Waals surface area (Å²) in [6.07, 6.45) is 2.66. The van der Waals surface area contributed by atoms with Crippen molar-refractivity contribution in [3.63, 3.8) is 0 Å². The molecular weight excluding hydrogens is 98.1 g/mol. The van der Waals surface area contributed by atoms with Crippen molar-refractivity contribution >= 4 is 0 Å². The summed E-state index contributed by atoms with van der Waals surface area (Å²) in [4.78, 5) is 1.56. The predicted octanol–water partition coefficient (Wildman–Crippen LogP) is 0.319. The lowest BCUT2D eigenvalue weighted by atomic mass is 10.2. The molecule has 8 heavy (non-hydrogen) atoms. The number of hydrogen-bond donors (Lipinski definition) is 1. The van der Waals surface area contributed by atoms with Crippen LogP contribution in [-0.2, 0) is 0 Å². The van der Waals surface area contributed by atoms with Crippen molar-refractivity contribution in [2.75, 3.05) is 14.1 Å². The van der Waals surface area contributed by atoms with Crippen LogP contribution in [0.3, 0.4) is 0 Å². The maximum Gasteiger partial charge on any atom is 0.0841 e. The minimum atomic E-state index is 0.833. The van der Waals surface area contributed by atoms with Crippen LogP contribution >= 0.6 is 0 Å². The monoisotopic (exact) mass is 116 g/mol. The zero-order valence-electron chi connectivity index (χ0n) is 6.49. The van der Waals surface area contributed by atoms with Gasteiger partial charge in [0.15, 0.2) is 0 Å². The zero-order chi connectivity index (χ0) is 6.57. The molecule has 0 fully saturated rings. The maximum absolute atomic E-state index is 2.29. The minimum Gasteiger partial charge on any atom is -0.338 e. The standard InChI is InChI=1S/C7H17N/c1-5-6-7(2)8(3)4/h7H,5-6H2,1-4H3/p+1. The van der Waals surface area contributed by atoms with Crippen molar-refractivity contribution < 1.29 is 4.90 Å². The molecule has 0 aliphatic rings. The molecule has 0 spiro atoms. The van der Waals surface area contributed by atoms with Crippen LogP contribution in [0.1, 0.15) is 26.7 Å². The van der Waals surface area contributed by atoms with E-state index in [1.54, 1.807) is 4.90 Å². The molecule has 0 aromatic carbocycles. The fraction of sp³-hybridized carbons (Fsp3) is 1.00. The van der Waals surface area contributed by atoms with E-state index in [0.29, 0.717) is 0 Å². The summed E-state index contributed by atoms with van der Waals surface area (Å²) in [7, 11) is 4.42. The fourth-order valence-electron chi connectivity index (χ4n) is 0.722. The van der Waals surface area contributed by atoms with E-state index in [0.717, 1.165) is 6.04 Å². The number of quaternary nitrogens is 1. The van der Waals surface area contributed by atoms with Crippen LogP contribution in [-0.4, -0.2) is 20.1 Å². The summed E-state index contributed by atoms with van der Waals surface area (Å²) in [5.41, 5.74) is 0. The average Bonchev–Trinajstić information content (AvgIpc) is 1.67. The Kier molecular flexibility index (Phi) is 3.88. The maximum atomic E-state index is 2.29. The van der Waals surface area contributed by atoms with Gasteiger partial charge in [0.25, 0.3) is 0 Å². The largest absolute Gasteiger partial charge is 0.338 e. The fourth-order valence-corrected chi connectivity index (χ4v) is 0.722. The van der Waals surface area contributed by atoms with Gasteiger partial charge in [-0.15, -0.1) is 0 Å². The molecular formula is C7H18N+. The summed E-state index contributed by atoms with van der Waals surface area (Å²) >= 11 is 0. The molecule has 1 nitrogen and oxygen atoms in total. The molecule has 0 saturated carbocycles. The zero-order valence-corrected chi connectivity index (χ0v) is 6.49. The van der Waals surface area contributed by atoms with E-state index in [4.69, 9.17) is 0 Å². The second-order valence-corrected chi connectivity index (χ2v) is 2.77. The highest BCUT2D eigenvalue weighted by molar-refractivity contribution is 4.41. The third-order valence-electron chi connectivity index (χ3n) is 1.71. The number of rotatable bonds is 3. The van der Waals surface area contributed by atoms with Crippen LogP contribution in [0.5, 0.6) is 0 Å². The lowest BCUT2D eigenvalue weighted by Gasteiger charge is -2.14. The summed E-state index contributed by atoms with van der Waals surface area (Å²) in [5, 5.41) is 0. The second kappa shape index (κ2) is 3.90. The Morgan fingerprint density at radius 3 is 2.00 bits per heavy atom. The first-order valence-corrected chi connectivity index (χ1v) is 3.48. The lowest BCUT2D eigenvalue weighted by molar-refractivity contribution is -0.883. The van der Waals surface area contributed by atoms with E-state index in [9.17, 15) is 0 Å². The first kappa shape index (κ1) is 7.96. The third-order valence-corrected chi connectivity index (χ3v) is 1.71. The number of nitrogens with one attached hydrogen (secondary N) is 1. The van der Waals surface area contributed by atoms with Crippen LogP contribution in [0.4, 0.5) is 0 Å². The molecule has 1 N–H and O–H groups in total. The molecule has 0 saturated heterocycles. The topological polar surface area (TPSA) is 4.44 Å². The van der Waals surface area contributed by atoms with Gasteiger partial charge in [0, 0.05) is 0 Å². The molecule has 50 valence electrons. The predicted molar refractivity (Wildman–Crippen MR) is 37.2 cm³/mol. The highest BCUT2D eigenvalue weighted by atomic mass is 15.1. The molecule has 0 aliphatic carbocycles. The van der Waals surface area contributed by atoms with Gasteiger partial charge in [-0.1, -0.05) is 13.3 Å². The van der Waals surface area contributed by atoms with Crippen molar-refractivity contribution in [1.29, 1.82) is 0 Å². The Morgan fingerprint density at radius 1 is 1.38 bits per heavy atom. The van der Waals surface area contributed by atoms with E-state index in [-0.39, 0.29) is 0 Å². The quantitative estimate of drug-likeness (QED) is 0.541. The second-order valence-electron chi connectivity index (χ2n) is 2.77. The van der Waals surface area contributed by atoms with E-state index in [1.165, 1.54) is 12.8 Å². The highest BCUT2D eigenvalue weighted by Crippen LogP contribution is 1.88. The molecule has 0 radical (unpaired) electrons. The Labute approximate surface area is 52.7 Å². The van der Waals surface area contributed by atoms with Crippen molar-refractivity contribution in [2.24, 2.45) is 0 Å². The summed E-state index contributed by atoms with van der Waals surface area (Å²) < 4.78 is 0. The van der Waals surface area contributed by atoms with E-state index in [2.05, 4.69) is 27.9 Å². The first-order chi connectivity index (χ1) is 3.68. The van der Waals surface area contributed by atoms with Gasteiger partial charge in [-0.05, 0) is 13.3 Å². The lowest BCUT2D eigenvalue weighted by Crippen LogP contribution is -3.09. The van der Waals surface area contributed by atoms with Crippen molar-refractivity contribution in [1.82, 2.24) is 0 Å². The Morgan fingerprint density at radius 2 is 1.88 bits per heavy atom. The molecule has 0 heterocycles. The van der Waals surface area contributed by atoms with Crippen molar-refractivity contribution in [2.45, 2.75) is 32.7 Å². The van der Waals surface area contributed by atoms with Gasteiger partial charge < -0.3 is 4.90 Å². The van der Waals surface area contributed by atoms with Gasteiger partial charge in [-0.25, -0.2) is 0 Å². The summed E-state index contributed by atoms with van der Waals surface area (Å²) in [5.74, 6) is 0. The summed E-state index contributed by atoms with van der Waals surface area (Å²) in [6, 6.07) is 0.833. The average molecular weight is 116 g/mol. The molecule has 1 unspecified atom stereocenters. The third kappa shape index (κ3) is 3.03. The van der Waals surface area contributed by atoms with Gasteiger partial charge in [-0.3, -0.25) is 0 Å². The summed E-state index contributed by atoms with van der Waals surface area (Å²) in [6.45, 7) is 4.53. The van der Waals surface area contributed by atoms with E-state index >= 15 is 0 Å². The molecule has 0 aromatic rings. The Balaban J connectivity index is 3.17. The molecule has 1 heteroatoms. The van der Waals surface area contributed by atoms with Crippen LogP contribution < -0.4 is 4.90 Å². The van der Waals surface area contributed by atoms with Crippen LogP contribution in [0.2, 0.25) is 0 Å². The Hall–Kier alpha value is -0.0400. The van der Waals surface area contributed by atoms with Crippen molar-refractivity contribution in [3.8, 4) is 0 Å². The van der Waals surface area contributed by atoms with Crippen molar-refractivity contribution in [3.05, 3.63) is 0 Å². The molecule has 1 atom stereocenters. The van der Waals surface area contributed by atoms with Gasteiger partial charge >= 0.3 is 0 Å². The van der Waals surface area contributed by atoms with Crippen LogP contribution in [0.15, 0.2) is 0 Å². The normalized spacial score (nSPS) is 14.6. The smallest absolute Gasteiger partial charge is 0.0841 e. The van der Waals surface area contributed by atoms with Gasteiger partial charge in [-0.2, -0.15) is 0 Å². The Bertz CT molecular complexity index is 50.3. The molecule has 0 rings (SSSR count). The molecule has 0 aromatic heterocycles. The molecule has 0 aliphatic heterocycles. The molecule has 0 bridgehead atoms. The minimum absolute atomic E-state index is 0.833. The highest BCUT2D eigenvalue weighted by Gasteiger charge is 2.03. The van der Waals surface area contributed by atoms with Crippen LogP contribution in [0.25, 0.3) is 0 Å². The number of hydrogen-bond acceptors (Lipinski definition) is 0. The van der Waals surface area contributed by atoms with E-state index < -0.39 is 0 Å². The van der Waals surface area contributed by atoms with Gasteiger partial charge in [0.2, 0.25) is 0 Å². The first-order valence-electron chi connectivity index (χ1n) is 3.48.